The molecule has 0 aromatic carbocycles. The molecule has 0 aliphatic heterocycles. The number of nitrogens with one attached hydrogen (secondary N) is 1. The van der Waals surface area contributed by atoms with E-state index in [1.54, 1.807) is 0 Å². The van der Waals surface area contributed by atoms with Gasteiger partial charge < -0.3 is 5.11 Å². The monoisotopic (exact) mass is 236 g/mol. The highest BCUT2D eigenvalue weighted by Gasteiger charge is 2.32. The van der Waals surface area contributed by atoms with Crippen LogP contribution in [-0.4, -0.2) is 33.9 Å². The molecular weight excluding hydrogens is 219 g/mol. The van der Waals surface area contributed by atoms with E-state index in [4.69, 9.17) is 10.2 Å². The Morgan fingerprint density at radius 2 is 2.13 bits per heavy atom. The molecule has 0 aromatic rings. The fourth-order valence-corrected chi connectivity index (χ4v) is 1.62. The third-order valence-corrected chi connectivity index (χ3v) is 2.81. The summed E-state index contributed by atoms with van der Waals surface area (Å²) in [5.74, 6) is -1.02. The van der Waals surface area contributed by atoms with Crippen LogP contribution in [0.15, 0.2) is 0 Å². The first-order chi connectivity index (χ1) is 6.71. The average Bonchev–Trinajstić information content (AvgIpc) is 2.10. The lowest BCUT2D eigenvalue weighted by molar-refractivity contribution is -0.140. The van der Waals surface area contributed by atoms with Crippen LogP contribution < -0.4 is 9.86 Å². The van der Waals surface area contributed by atoms with Gasteiger partial charge in [-0.3, -0.25) is 4.79 Å². The second kappa shape index (κ2) is 5.48. The molecular formula is C7H17BN2O4S. The van der Waals surface area contributed by atoms with Gasteiger partial charge in [-0.25, -0.2) is 9.86 Å². The van der Waals surface area contributed by atoms with E-state index in [9.17, 15) is 13.2 Å². The highest BCUT2D eigenvalue weighted by atomic mass is 32.2. The highest BCUT2D eigenvalue weighted by Crippen LogP contribution is 2.28. The second-order valence-corrected chi connectivity index (χ2v) is 5.21. The molecule has 0 aliphatic rings. The number of carboxylic acids is 1. The van der Waals surface area contributed by atoms with Gasteiger partial charge in [-0.1, -0.05) is 19.8 Å². The van der Waals surface area contributed by atoms with Gasteiger partial charge in [0.05, 0.1) is 0 Å². The molecule has 0 spiro atoms. The first-order valence-electron chi connectivity index (χ1n) is 4.72. The van der Waals surface area contributed by atoms with Gasteiger partial charge >= 0.3 is 5.97 Å². The summed E-state index contributed by atoms with van der Waals surface area (Å²) >= 11 is 0. The van der Waals surface area contributed by atoms with Crippen LogP contribution in [0.5, 0.6) is 0 Å². The van der Waals surface area contributed by atoms with E-state index >= 15 is 0 Å². The Morgan fingerprint density at radius 3 is 2.47 bits per heavy atom. The summed E-state index contributed by atoms with van der Waals surface area (Å²) in [7, 11) is -2.33. The molecule has 6 nitrogen and oxygen atoms in total. The summed E-state index contributed by atoms with van der Waals surface area (Å²) in [6, 6.07) is 0. The zero-order valence-electron chi connectivity index (χ0n) is 8.99. The first kappa shape index (κ1) is 14.4. The van der Waals surface area contributed by atoms with Crippen molar-refractivity contribution in [2.45, 2.75) is 31.5 Å². The second-order valence-electron chi connectivity index (χ2n) is 3.84. The van der Waals surface area contributed by atoms with Gasteiger partial charge in [-0.2, -0.15) is 8.42 Å². The predicted octanol–water partition coefficient (Wildman–Crippen LogP) is -1.15. The maximum absolute atomic E-state index is 11.0. The highest BCUT2D eigenvalue weighted by molar-refractivity contribution is 7.87. The summed E-state index contributed by atoms with van der Waals surface area (Å²) in [5, 5.41) is 12.6. The van der Waals surface area contributed by atoms with E-state index in [0.717, 1.165) is 12.8 Å². The maximum Gasteiger partial charge on any atom is 0.302 e. The van der Waals surface area contributed by atoms with Gasteiger partial charge in [0.1, 0.15) is 7.85 Å². The molecule has 0 heterocycles. The molecule has 0 amide bonds. The van der Waals surface area contributed by atoms with Crippen molar-refractivity contribution in [1.82, 2.24) is 4.72 Å². The molecule has 0 radical (unpaired) electrons. The lowest BCUT2D eigenvalue weighted by atomic mass is 9.66. The van der Waals surface area contributed by atoms with Crippen LogP contribution in [0.2, 0.25) is 5.31 Å². The fourth-order valence-electron chi connectivity index (χ4n) is 1.10. The number of nitrogens with two attached hydrogens (primary N) is 1. The third-order valence-electron chi connectivity index (χ3n) is 2.26. The quantitative estimate of drug-likeness (QED) is 0.484. The Kier molecular flexibility index (Phi) is 5.26. The number of hydrogen-bond donors (Lipinski definition) is 3. The lowest BCUT2D eigenvalue weighted by Gasteiger charge is -2.24. The Balaban J connectivity index is 4.45. The van der Waals surface area contributed by atoms with Crippen LogP contribution in [0, 0.1) is 0 Å². The minimum Gasteiger partial charge on any atom is -0.481 e. The molecule has 0 aliphatic carbocycles. The van der Waals surface area contributed by atoms with Crippen molar-refractivity contribution in [2.75, 3.05) is 6.54 Å². The average molecular weight is 236 g/mol. The van der Waals surface area contributed by atoms with E-state index in [2.05, 4.69) is 0 Å². The number of rotatable bonds is 7. The fraction of sp³-hybridized carbons (Fsp3) is 0.857. The Hall–Kier alpha value is -0.595. The number of carboxylic acid groups (broad SMARTS) is 1. The minimum absolute atomic E-state index is 0.179. The van der Waals surface area contributed by atoms with Crippen LogP contribution in [0.25, 0.3) is 0 Å². The van der Waals surface area contributed by atoms with Gasteiger partial charge in [-0.05, 0) is 6.42 Å². The van der Waals surface area contributed by atoms with Gasteiger partial charge in [0.15, 0.2) is 0 Å². The Labute approximate surface area is 90.8 Å². The van der Waals surface area contributed by atoms with Crippen molar-refractivity contribution in [3.05, 3.63) is 0 Å². The SMILES string of the molecule is BC(CCCC)(CNS(N)(=O)=O)C(=O)O. The molecule has 1 unspecified atom stereocenters. The normalized spacial score (nSPS) is 15.9. The van der Waals surface area contributed by atoms with Crippen LogP contribution in [0.4, 0.5) is 0 Å². The smallest absolute Gasteiger partial charge is 0.302 e. The molecule has 0 bridgehead atoms. The lowest BCUT2D eigenvalue weighted by Crippen LogP contribution is -2.41. The summed E-state index contributed by atoms with van der Waals surface area (Å²) in [6.07, 6.45) is 2.01. The predicted molar refractivity (Wildman–Crippen MR) is 59.5 cm³/mol. The largest absolute Gasteiger partial charge is 0.481 e. The van der Waals surface area contributed by atoms with E-state index in [0.29, 0.717) is 6.42 Å². The number of hydrogen-bond acceptors (Lipinski definition) is 3. The molecule has 15 heavy (non-hydrogen) atoms. The summed E-state index contributed by atoms with van der Waals surface area (Å²) < 4.78 is 23.3. The summed E-state index contributed by atoms with van der Waals surface area (Å²) in [4.78, 5) is 11.0. The van der Waals surface area contributed by atoms with Crippen molar-refractivity contribution in [3.63, 3.8) is 0 Å². The number of aliphatic carboxylic acids is 1. The topological polar surface area (TPSA) is 109 Å². The van der Waals surface area contributed by atoms with Gasteiger partial charge in [0.2, 0.25) is 0 Å². The third kappa shape index (κ3) is 5.76. The standard InChI is InChI=1S/C7H17BN2O4S/c1-2-3-4-7(8,6(11)12)5-10-15(9,13)14/h10H,2-5,8H2,1H3,(H,11,12)(H2,9,13,14). The maximum atomic E-state index is 11.0. The Bertz CT molecular complexity index is 319. The van der Waals surface area contributed by atoms with Crippen molar-refractivity contribution in [1.29, 1.82) is 0 Å². The van der Waals surface area contributed by atoms with Crippen molar-refractivity contribution in [3.8, 4) is 0 Å². The van der Waals surface area contributed by atoms with Crippen LogP contribution in [0.1, 0.15) is 26.2 Å². The number of unbranched alkanes of at least 4 members (excludes halogenated alkanes) is 1. The van der Waals surface area contributed by atoms with Crippen molar-refractivity contribution < 1.29 is 18.3 Å². The van der Waals surface area contributed by atoms with E-state index < -0.39 is 21.5 Å². The van der Waals surface area contributed by atoms with Crippen molar-refractivity contribution >= 4 is 24.0 Å². The molecule has 0 saturated heterocycles. The van der Waals surface area contributed by atoms with E-state index in [1.165, 1.54) is 7.85 Å². The molecule has 88 valence electrons. The minimum atomic E-state index is -3.83. The molecule has 0 saturated carbocycles. The van der Waals surface area contributed by atoms with Crippen molar-refractivity contribution in [2.24, 2.45) is 5.14 Å². The van der Waals surface area contributed by atoms with Crippen LogP contribution in [-0.2, 0) is 15.0 Å². The molecule has 1 atom stereocenters. The molecule has 4 N–H and O–H groups in total. The molecule has 8 heteroatoms. The van der Waals surface area contributed by atoms with Gasteiger partial charge in [0.25, 0.3) is 10.2 Å². The molecule has 0 aromatic heterocycles. The molecule has 0 rings (SSSR count). The van der Waals surface area contributed by atoms with E-state index in [1.807, 2.05) is 11.6 Å². The molecule has 0 fully saturated rings. The summed E-state index contributed by atoms with van der Waals surface area (Å²) in [5.41, 5.74) is 0. The zero-order chi connectivity index (χ0) is 12.1. The number of carbonyl (C=O) groups is 1. The zero-order valence-corrected chi connectivity index (χ0v) is 9.80. The Morgan fingerprint density at radius 1 is 1.60 bits per heavy atom. The van der Waals surface area contributed by atoms with Gasteiger partial charge in [0, 0.05) is 11.9 Å². The van der Waals surface area contributed by atoms with Gasteiger partial charge in [-0.15, -0.1) is 0 Å². The van der Waals surface area contributed by atoms with E-state index in [-0.39, 0.29) is 6.54 Å². The van der Waals surface area contributed by atoms with Crippen LogP contribution in [0.3, 0.4) is 0 Å². The van der Waals surface area contributed by atoms with Crippen LogP contribution >= 0.6 is 0 Å². The summed E-state index contributed by atoms with van der Waals surface area (Å²) in [6.45, 7) is 1.76. The first-order valence-corrected chi connectivity index (χ1v) is 6.26.